The van der Waals surface area contributed by atoms with Gasteiger partial charge in [-0.3, -0.25) is 14.3 Å². The number of aryl methyl sites for hydroxylation is 2. The number of H-pyrrole nitrogens is 1. The zero-order valence-electron chi connectivity index (χ0n) is 19.7. The molecule has 0 bridgehead atoms. The summed E-state index contributed by atoms with van der Waals surface area (Å²) in [7, 11) is 1.46. The number of aliphatic hydroxyl groups excluding tert-OH is 1. The fourth-order valence-corrected chi connectivity index (χ4v) is 3.61. The first-order valence-electron chi connectivity index (χ1n) is 11.2. The topological polar surface area (TPSA) is 167 Å². The third-order valence-corrected chi connectivity index (χ3v) is 5.53. The molecule has 1 atom stereocenters. The molecule has 0 aliphatic heterocycles. The first-order chi connectivity index (χ1) is 17.3. The number of aromatic nitrogens is 4. The van der Waals surface area contributed by atoms with Crippen LogP contribution in [0, 0.1) is 0 Å². The van der Waals surface area contributed by atoms with E-state index in [1.807, 2.05) is 25.1 Å². The predicted molar refractivity (Wildman–Crippen MR) is 134 cm³/mol. The van der Waals surface area contributed by atoms with Gasteiger partial charge in [0.1, 0.15) is 30.0 Å². The summed E-state index contributed by atoms with van der Waals surface area (Å²) in [6.07, 6.45) is 1.11. The van der Waals surface area contributed by atoms with Crippen LogP contribution in [0.5, 0.6) is 17.2 Å². The first-order valence-corrected chi connectivity index (χ1v) is 11.2. The van der Waals surface area contributed by atoms with Crippen LogP contribution in [0.25, 0.3) is 11.2 Å². The highest BCUT2D eigenvalue weighted by Crippen LogP contribution is 2.21. The van der Waals surface area contributed by atoms with E-state index < -0.39 is 17.4 Å². The van der Waals surface area contributed by atoms with Crippen LogP contribution >= 0.6 is 0 Å². The number of phenols is 2. The number of anilines is 1. The zero-order chi connectivity index (χ0) is 25.8. The Kier molecular flexibility index (Phi) is 7.06. The molecule has 188 valence electrons. The van der Waals surface area contributed by atoms with Gasteiger partial charge >= 0.3 is 5.69 Å². The van der Waals surface area contributed by atoms with E-state index in [1.165, 1.54) is 40.6 Å². The highest BCUT2D eigenvalue weighted by atomic mass is 16.5. The minimum atomic E-state index is -1.03. The van der Waals surface area contributed by atoms with Gasteiger partial charge in [-0.25, -0.2) is 10.2 Å². The smallest absolute Gasteiger partial charge is 0.329 e. The molecule has 0 aliphatic rings. The van der Waals surface area contributed by atoms with E-state index in [4.69, 9.17) is 4.74 Å². The average Bonchev–Trinajstić information content (AvgIpc) is 3.21. The summed E-state index contributed by atoms with van der Waals surface area (Å²) >= 11 is 0. The van der Waals surface area contributed by atoms with Gasteiger partial charge in [0.15, 0.2) is 11.2 Å². The summed E-state index contributed by atoms with van der Waals surface area (Å²) in [4.78, 5) is 31.2. The molecular formula is C24H26N6O6. The number of ether oxygens (including phenoxy) is 1. The number of hydrazone groups is 1. The van der Waals surface area contributed by atoms with Crippen LogP contribution < -0.4 is 21.4 Å². The highest BCUT2D eigenvalue weighted by molar-refractivity contribution is 5.84. The van der Waals surface area contributed by atoms with Gasteiger partial charge in [-0.2, -0.15) is 10.1 Å². The van der Waals surface area contributed by atoms with Crippen molar-refractivity contribution in [2.75, 3.05) is 12.0 Å². The average molecular weight is 495 g/mol. The number of nitrogens with one attached hydrogen (secondary N) is 2. The summed E-state index contributed by atoms with van der Waals surface area (Å²) in [6.45, 7) is 1.89. The van der Waals surface area contributed by atoms with Crippen molar-refractivity contribution in [3.05, 3.63) is 74.4 Å². The second kappa shape index (κ2) is 10.4. The Bertz CT molecular complexity index is 1540. The third-order valence-electron chi connectivity index (χ3n) is 5.53. The summed E-state index contributed by atoms with van der Waals surface area (Å²) in [5.41, 5.74) is 2.95. The van der Waals surface area contributed by atoms with E-state index in [0.717, 1.165) is 12.0 Å². The van der Waals surface area contributed by atoms with Crippen molar-refractivity contribution in [2.45, 2.75) is 26.0 Å². The second-order valence-corrected chi connectivity index (χ2v) is 8.12. The van der Waals surface area contributed by atoms with Crippen molar-refractivity contribution in [2.24, 2.45) is 12.1 Å². The molecule has 12 nitrogen and oxygen atoms in total. The molecule has 0 aliphatic carbocycles. The standard InChI is InChI=1S/C24H26N6O6/c1-3-14-5-4-6-18(9-14)36-13-17(32)12-30-20-21(29(2)24(35)27-22(20)34)26-23(30)28-25-11-15-7-8-16(31)10-19(15)33/h4-11,17,31-33H,3,12-13H2,1-2H3,(H,26,28)(H,27,34,35)/b25-11+. The molecule has 1 unspecified atom stereocenters. The van der Waals surface area contributed by atoms with Crippen molar-refractivity contribution in [1.82, 2.24) is 19.1 Å². The third kappa shape index (κ3) is 5.23. The monoisotopic (exact) mass is 494 g/mol. The molecule has 2 aromatic carbocycles. The number of aliphatic hydroxyl groups is 1. The second-order valence-electron chi connectivity index (χ2n) is 8.12. The lowest BCUT2D eigenvalue weighted by molar-refractivity contribution is 0.0938. The zero-order valence-corrected chi connectivity index (χ0v) is 19.7. The lowest BCUT2D eigenvalue weighted by Crippen LogP contribution is -2.30. The minimum absolute atomic E-state index is 0.0550. The molecule has 12 heteroatoms. The fourth-order valence-electron chi connectivity index (χ4n) is 3.61. The van der Waals surface area contributed by atoms with E-state index in [2.05, 4.69) is 20.5 Å². The Labute approximate surface area is 204 Å². The van der Waals surface area contributed by atoms with Gasteiger partial charge < -0.3 is 24.6 Å². The summed E-state index contributed by atoms with van der Waals surface area (Å²) < 4.78 is 8.30. The van der Waals surface area contributed by atoms with Gasteiger partial charge in [-0.1, -0.05) is 19.1 Å². The number of benzene rings is 2. The van der Waals surface area contributed by atoms with Gasteiger partial charge in [-0.15, -0.1) is 0 Å². The Morgan fingerprint density at radius 1 is 1.22 bits per heavy atom. The van der Waals surface area contributed by atoms with Crippen LogP contribution in [0.4, 0.5) is 5.95 Å². The number of fused-ring (bicyclic) bond motifs is 1. The van der Waals surface area contributed by atoms with Gasteiger partial charge in [-0.05, 0) is 36.2 Å². The van der Waals surface area contributed by atoms with E-state index in [9.17, 15) is 24.9 Å². The molecule has 2 aromatic heterocycles. The van der Waals surface area contributed by atoms with Crippen LogP contribution in [0.1, 0.15) is 18.1 Å². The molecule has 4 rings (SSSR count). The first kappa shape index (κ1) is 24.5. The van der Waals surface area contributed by atoms with Crippen molar-refractivity contribution >= 4 is 23.3 Å². The Balaban J connectivity index is 1.61. The number of aromatic amines is 1. The number of hydrogen-bond donors (Lipinski definition) is 5. The maximum Gasteiger partial charge on any atom is 0.329 e. The van der Waals surface area contributed by atoms with Crippen LogP contribution in [0.15, 0.2) is 57.2 Å². The lowest BCUT2D eigenvalue weighted by Gasteiger charge is -2.15. The van der Waals surface area contributed by atoms with Crippen LogP contribution in [0.2, 0.25) is 0 Å². The molecule has 5 N–H and O–H groups in total. The van der Waals surface area contributed by atoms with Gasteiger partial charge in [0.05, 0.1) is 12.8 Å². The molecule has 0 fully saturated rings. The van der Waals surface area contributed by atoms with Gasteiger partial charge in [0.2, 0.25) is 5.95 Å². The normalized spacial score (nSPS) is 12.3. The van der Waals surface area contributed by atoms with Crippen LogP contribution in [-0.2, 0) is 20.0 Å². The van der Waals surface area contributed by atoms with Crippen molar-refractivity contribution < 1.29 is 20.1 Å². The largest absolute Gasteiger partial charge is 0.508 e. The summed E-state index contributed by atoms with van der Waals surface area (Å²) in [6, 6.07) is 11.5. The number of hydrogen-bond acceptors (Lipinski definition) is 9. The van der Waals surface area contributed by atoms with Gasteiger partial charge in [0, 0.05) is 18.7 Å². The molecule has 0 saturated carbocycles. The van der Waals surface area contributed by atoms with E-state index in [-0.39, 0.29) is 41.8 Å². The molecule has 36 heavy (non-hydrogen) atoms. The molecule has 2 heterocycles. The molecule has 0 spiro atoms. The van der Waals surface area contributed by atoms with E-state index in [1.54, 1.807) is 6.07 Å². The maximum atomic E-state index is 12.6. The Hall–Kier alpha value is -4.58. The molecular weight excluding hydrogens is 468 g/mol. The summed E-state index contributed by atoms with van der Waals surface area (Å²) in [5, 5.41) is 34.1. The lowest BCUT2D eigenvalue weighted by atomic mass is 10.2. The fraction of sp³-hybridized carbons (Fsp3) is 0.250. The minimum Gasteiger partial charge on any atom is -0.508 e. The Morgan fingerprint density at radius 2 is 2.03 bits per heavy atom. The Morgan fingerprint density at radius 3 is 2.78 bits per heavy atom. The van der Waals surface area contributed by atoms with Crippen LogP contribution in [0.3, 0.4) is 0 Å². The number of rotatable bonds is 9. The van der Waals surface area contributed by atoms with Crippen molar-refractivity contribution in [3.63, 3.8) is 0 Å². The van der Waals surface area contributed by atoms with E-state index in [0.29, 0.717) is 11.3 Å². The molecule has 0 amide bonds. The van der Waals surface area contributed by atoms with Crippen LogP contribution in [-0.4, -0.2) is 53.3 Å². The van der Waals surface area contributed by atoms with E-state index >= 15 is 0 Å². The number of aromatic hydroxyl groups is 2. The molecule has 0 radical (unpaired) electrons. The van der Waals surface area contributed by atoms with Crippen molar-refractivity contribution in [1.29, 1.82) is 0 Å². The van der Waals surface area contributed by atoms with Crippen molar-refractivity contribution in [3.8, 4) is 17.2 Å². The highest BCUT2D eigenvalue weighted by Gasteiger charge is 2.20. The summed E-state index contributed by atoms with van der Waals surface area (Å²) in [5.74, 6) is 0.406. The number of nitrogens with zero attached hydrogens (tertiary/aromatic N) is 4. The molecule has 4 aromatic rings. The maximum absolute atomic E-state index is 12.6. The number of phenolic OH excluding ortho intramolecular Hbond substituents is 2. The predicted octanol–water partition coefficient (Wildman–Crippen LogP) is 1.28. The molecule has 0 saturated heterocycles. The SMILES string of the molecule is CCc1cccc(OCC(O)Cn2c(N/N=C/c3ccc(O)cc3O)nc3c2c(=O)[nH]c(=O)n3C)c1. The van der Waals surface area contributed by atoms with Gasteiger partial charge in [0.25, 0.3) is 5.56 Å². The quantitative estimate of drug-likeness (QED) is 0.171. The number of imidazole rings is 1.